The number of benzene rings is 1. The third kappa shape index (κ3) is 2.27. The zero-order valence-electron chi connectivity index (χ0n) is 11.0. The molecule has 2 heterocycles. The highest BCUT2D eigenvalue weighted by Crippen LogP contribution is 2.25. The van der Waals surface area contributed by atoms with E-state index in [0.29, 0.717) is 5.69 Å². The Hall–Kier alpha value is -3.03. The first-order chi connectivity index (χ1) is 10.1. The number of nitro groups is 1. The molecule has 8 heteroatoms. The Morgan fingerprint density at radius 1 is 1.29 bits per heavy atom. The van der Waals surface area contributed by atoms with Gasteiger partial charge < -0.3 is 0 Å². The van der Waals surface area contributed by atoms with Crippen molar-refractivity contribution in [2.24, 2.45) is 7.05 Å². The lowest BCUT2D eigenvalue weighted by Gasteiger charge is -2.03. The van der Waals surface area contributed by atoms with Gasteiger partial charge in [0.2, 0.25) is 0 Å². The predicted octanol–water partition coefficient (Wildman–Crippen LogP) is 2.32. The first-order valence-corrected chi connectivity index (χ1v) is 6.04. The summed E-state index contributed by atoms with van der Waals surface area (Å²) in [5.74, 6) is -0.663. The molecule has 0 bridgehead atoms. The molecule has 3 aromatic rings. The molecule has 0 atom stereocenters. The predicted molar refractivity (Wildman–Crippen MR) is 72.4 cm³/mol. The Labute approximate surface area is 118 Å². The summed E-state index contributed by atoms with van der Waals surface area (Å²) >= 11 is 0. The standard InChI is InChI=1S/C13H10FN5O2/c1-17-11(4-6-15-17)10-5-7-18(16-10)12-3-2-9(14)8-13(12)19(20)21/h2-8H,1H3. The van der Waals surface area contributed by atoms with Gasteiger partial charge >= 0.3 is 0 Å². The van der Waals surface area contributed by atoms with Gasteiger partial charge in [-0.15, -0.1) is 0 Å². The average molecular weight is 287 g/mol. The molecule has 0 spiro atoms. The van der Waals surface area contributed by atoms with Crippen LogP contribution in [0.15, 0.2) is 42.7 Å². The highest BCUT2D eigenvalue weighted by Gasteiger charge is 2.18. The fourth-order valence-electron chi connectivity index (χ4n) is 2.06. The number of nitro benzene ring substituents is 1. The van der Waals surface area contributed by atoms with Crippen molar-refractivity contribution in [1.82, 2.24) is 19.6 Å². The minimum atomic E-state index is -0.663. The zero-order chi connectivity index (χ0) is 15.0. The fraction of sp³-hybridized carbons (Fsp3) is 0.0769. The Balaban J connectivity index is 2.09. The van der Waals surface area contributed by atoms with Gasteiger partial charge in [-0.25, -0.2) is 9.07 Å². The maximum Gasteiger partial charge on any atom is 0.297 e. The first-order valence-electron chi connectivity index (χ1n) is 6.04. The molecule has 3 rings (SSSR count). The second-order valence-electron chi connectivity index (χ2n) is 4.38. The van der Waals surface area contributed by atoms with E-state index in [0.717, 1.165) is 17.8 Å². The summed E-state index contributed by atoms with van der Waals surface area (Å²) in [5.41, 5.74) is 1.26. The van der Waals surface area contributed by atoms with E-state index in [9.17, 15) is 14.5 Å². The van der Waals surface area contributed by atoms with Crippen LogP contribution in [0.2, 0.25) is 0 Å². The highest BCUT2D eigenvalue weighted by atomic mass is 19.1. The molecule has 0 amide bonds. The molecule has 0 aliphatic rings. The van der Waals surface area contributed by atoms with Gasteiger partial charge in [0.25, 0.3) is 5.69 Å². The topological polar surface area (TPSA) is 78.8 Å². The normalized spacial score (nSPS) is 10.8. The van der Waals surface area contributed by atoms with Crippen LogP contribution >= 0.6 is 0 Å². The van der Waals surface area contributed by atoms with Crippen LogP contribution in [0.1, 0.15) is 0 Å². The van der Waals surface area contributed by atoms with E-state index in [4.69, 9.17) is 0 Å². The summed E-state index contributed by atoms with van der Waals surface area (Å²) < 4.78 is 16.2. The van der Waals surface area contributed by atoms with Gasteiger partial charge in [0.15, 0.2) is 0 Å². The minimum Gasteiger partial charge on any atom is -0.266 e. The molecule has 21 heavy (non-hydrogen) atoms. The van der Waals surface area contributed by atoms with Crippen LogP contribution in [0, 0.1) is 15.9 Å². The molecule has 106 valence electrons. The quantitative estimate of drug-likeness (QED) is 0.547. The second kappa shape index (κ2) is 4.82. The summed E-state index contributed by atoms with van der Waals surface area (Å²) in [6, 6.07) is 6.86. The molecule has 0 saturated heterocycles. The van der Waals surface area contributed by atoms with Gasteiger partial charge in [0, 0.05) is 19.4 Å². The summed E-state index contributed by atoms with van der Waals surface area (Å²) in [6.45, 7) is 0. The summed E-state index contributed by atoms with van der Waals surface area (Å²) in [4.78, 5) is 10.4. The van der Waals surface area contributed by atoms with E-state index in [2.05, 4.69) is 10.2 Å². The van der Waals surface area contributed by atoms with E-state index in [1.165, 1.54) is 10.7 Å². The average Bonchev–Trinajstić information content (AvgIpc) is 3.07. The Bertz CT molecular complexity index is 824. The van der Waals surface area contributed by atoms with E-state index in [-0.39, 0.29) is 11.4 Å². The van der Waals surface area contributed by atoms with E-state index in [1.54, 1.807) is 36.3 Å². The number of aromatic nitrogens is 4. The van der Waals surface area contributed by atoms with Gasteiger partial charge in [-0.2, -0.15) is 10.2 Å². The largest absolute Gasteiger partial charge is 0.297 e. The maximum atomic E-state index is 13.2. The van der Waals surface area contributed by atoms with E-state index >= 15 is 0 Å². The first kappa shape index (κ1) is 13.0. The Morgan fingerprint density at radius 3 is 2.76 bits per heavy atom. The third-order valence-corrected chi connectivity index (χ3v) is 3.05. The lowest BCUT2D eigenvalue weighted by atomic mass is 10.2. The number of hydrogen-bond acceptors (Lipinski definition) is 4. The highest BCUT2D eigenvalue weighted by molar-refractivity contribution is 5.56. The number of nitrogens with zero attached hydrogens (tertiary/aromatic N) is 5. The molecule has 7 nitrogen and oxygen atoms in total. The van der Waals surface area contributed by atoms with Crippen molar-refractivity contribution in [2.75, 3.05) is 0 Å². The van der Waals surface area contributed by atoms with Gasteiger partial charge in [-0.3, -0.25) is 14.8 Å². The van der Waals surface area contributed by atoms with Crippen LogP contribution < -0.4 is 0 Å². The number of aryl methyl sites for hydroxylation is 1. The fourth-order valence-corrected chi connectivity index (χ4v) is 2.06. The Kier molecular flexibility index (Phi) is 2.98. The number of hydrogen-bond donors (Lipinski definition) is 0. The molecular weight excluding hydrogens is 277 g/mol. The van der Waals surface area contributed by atoms with Crippen molar-refractivity contribution in [2.45, 2.75) is 0 Å². The molecule has 0 N–H and O–H groups in total. The lowest BCUT2D eigenvalue weighted by Crippen LogP contribution is -2.02. The van der Waals surface area contributed by atoms with Gasteiger partial charge in [0.1, 0.15) is 17.2 Å². The molecule has 0 fully saturated rings. The smallest absolute Gasteiger partial charge is 0.266 e. The van der Waals surface area contributed by atoms with Crippen molar-refractivity contribution in [3.63, 3.8) is 0 Å². The maximum absolute atomic E-state index is 13.2. The lowest BCUT2D eigenvalue weighted by molar-refractivity contribution is -0.384. The molecule has 1 aromatic carbocycles. The molecule has 0 aliphatic heterocycles. The summed E-state index contributed by atoms with van der Waals surface area (Å²) in [6.07, 6.45) is 3.22. The van der Waals surface area contributed by atoms with Crippen molar-refractivity contribution < 1.29 is 9.31 Å². The molecule has 0 unspecified atom stereocenters. The van der Waals surface area contributed by atoms with Crippen LogP contribution in [-0.4, -0.2) is 24.5 Å². The third-order valence-electron chi connectivity index (χ3n) is 3.05. The number of halogens is 1. The molecule has 0 saturated carbocycles. The van der Waals surface area contributed by atoms with E-state index in [1.807, 2.05) is 0 Å². The minimum absolute atomic E-state index is 0.204. The number of rotatable bonds is 3. The summed E-state index contributed by atoms with van der Waals surface area (Å²) in [7, 11) is 1.77. The van der Waals surface area contributed by atoms with Crippen LogP contribution in [0.3, 0.4) is 0 Å². The van der Waals surface area contributed by atoms with Gasteiger partial charge in [0.05, 0.1) is 16.7 Å². The van der Waals surface area contributed by atoms with Crippen LogP contribution in [0.25, 0.3) is 17.1 Å². The second-order valence-corrected chi connectivity index (χ2v) is 4.38. The SMILES string of the molecule is Cn1nccc1-c1ccn(-c2ccc(F)cc2[N+](=O)[O-])n1. The van der Waals surface area contributed by atoms with E-state index < -0.39 is 10.7 Å². The van der Waals surface area contributed by atoms with Crippen molar-refractivity contribution in [3.05, 3.63) is 58.7 Å². The van der Waals surface area contributed by atoms with Crippen molar-refractivity contribution in [3.8, 4) is 17.1 Å². The molecule has 2 aromatic heterocycles. The zero-order valence-corrected chi connectivity index (χ0v) is 11.0. The van der Waals surface area contributed by atoms with Crippen LogP contribution in [-0.2, 0) is 7.05 Å². The molecular formula is C13H10FN5O2. The van der Waals surface area contributed by atoms with Gasteiger partial charge in [-0.05, 0) is 24.3 Å². The monoisotopic (exact) mass is 287 g/mol. The summed E-state index contributed by atoms with van der Waals surface area (Å²) in [5, 5.41) is 19.3. The molecule has 0 aliphatic carbocycles. The van der Waals surface area contributed by atoms with Gasteiger partial charge in [-0.1, -0.05) is 0 Å². The van der Waals surface area contributed by atoms with Crippen LogP contribution in [0.4, 0.5) is 10.1 Å². The Morgan fingerprint density at radius 2 is 2.10 bits per heavy atom. The van der Waals surface area contributed by atoms with Crippen molar-refractivity contribution >= 4 is 5.69 Å². The van der Waals surface area contributed by atoms with Crippen LogP contribution in [0.5, 0.6) is 0 Å². The van der Waals surface area contributed by atoms with Crippen molar-refractivity contribution in [1.29, 1.82) is 0 Å². The molecule has 0 radical (unpaired) electrons.